The molecule has 2 aromatic carbocycles. The molecule has 2 aliphatic carbocycles. The van der Waals surface area contributed by atoms with Gasteiger partial charge in [-0.1, -0.05) is 62.3 Å². The predicted molar refractivity (Wildman–Crippen MR) is 173 cm³/mol. The summed E-state index contributed by atoms with van der Waals surface area (Å²) in [6.07, 6.45) is 2.02. The second-order valence-electron chi connectivity index (χ2n) is 11.0. The van der Waals surface area contributed by atoms with E-state index in [2.05, 4.69) is 15.9 Å². The predicted octanol–water partition coefficient (Wildman–Crippen LogP) is 8.49. The minimum absolute atomic E-state index is 0.0102. The monoisotopic (exact) mass is 716 g/mol. The van der Waals surface area contributed by atoms with Crippen molar-refractivity contribution < 1.29 is 28.4 Å². The molecule has 0 N–H and O–H groups in total. The molecule has 0 spiro atoms. The maximum Gasteiger partial charge on any atom is 0.494 e. The molecule has 3 aliphatic rings. The molecule has 5 rings (SSSR count). The average Bonchev–Trinajstić information content (AvgIpc) is 3.51. The molecular weight excluding hydrogens is 689 g/mol. The van der Waals surface area contributed by atoms with Crippen LogP contribution >= 0.6 is 62.3 Å². The van der Waals surface area contributed by atoms with Crippen molar-refractivity contribution in [3.63, 3.8) is 0 Å². The molecule has 0 saturated carbocycles. The first-order valence-corrected chi connectivity index (χ1v) is 15.5. The van der Waals surface area contributed by atoms with Crippen molar-refractivity contribution in [3.8, 4) is 0 Å². The Morgan fingerprint density at radius 1 is 0.690 bits per heavy atom. The zero-order chi connectivity index (χ0) is 31.1. The molecule has 0 aromatic heterocycles. The van der Waals surface area contributed by atoms with Crippen molar-refractivity contribution in [2.45, 2.75) is 64.6 Å². The average molecular weight is 719 g/mol. The molecule has 1 heterocycles. The minimum Gasteiger partial charge on any atom is -0.500 e. The van der Waals surface area contributed by atoms with E-state index in [9.17, 15) is 9.59 Å². The Labute approximate surface area is 274 Å². The van der Waals surface area contributed by atoms with Gasteiger partial charge in [-0.3, -0.25) is 9.59 Å². The van der Waals surface area contributed by atoms with Gasteiger partial charge in [-0.05, 0) is 57.4 Å². The number of allylic oxidation sites excluding steroid dienone is 4. The summed E-state index contributed by atoms with van der Waals surface area (Å²) in [5.41, 5.74) is 1.87. The summed E-state index contributed by atoms with van der Waals surface area (Å²) in [4.78, 5) is 24.1. The Kier molecular flexibility index (Phi) is 10.2. The van der Waals surface area contributed by atoms with Gasteiger partial charge in [-0.25, -0.2) is 0 Å². The van der Waals surface area contributed by atoms with Gasteiger partial charge in [0.1, 0.15) is 11.5 Å². The Hall–Kier alpha value is -1.52. The number of carbonyl (C=O) groups is 2. The van der Waals surface area contributed by atoms with E-state index >= 15 is 0 Å². The highest BCUT2D eigenvalue weighted by Gasteiger charge is 2.52. The van der Waals surface area contributed by atoms with E-state index in [-0.39, 0.29) is 11.6 Å². The molecule has 0 radical (unpaired) electrons. The molecule has 42 heavy (non-hydrogen) atoms. The van der Waals surface area contributed by atoms with Crippen molar-refractivity contribution in [2.24, 2.45) is 0 Å². The van der Waals surface area contributed by atoms with E-state index in [1.807, 2.05) is 27.7 Å². The van der Waals surface area contributed by atoms with Gasteiger partial charge in [0.05, 0.1) is 46.6 Å². The third-order valence-corrected chi connectivity index (χ3v) is 9.51. The van der Waals surface area contributed by atoms with Crippen LogP contribution in [0.5, 0.6) is 0 Å². The summed E-state index contributed by atoms with van der Waals surface area (Å²) in [5.74, 6) is 1.29. The van der Waals surface area contributed by atoms with Crippen molar-refractivity contribution in [2.75, 3.05) is 14.2 Å². The molecule has 1 fully saturated rings. The smallest absolute Gasteiger partial charge is 0.494 e. The third-order valence-electron chi connectivity index (χ3n) is 7.86. The van der Waals surface area contributed by atoms with Gasteiger partial charge in [-0.2, -0.15) is 0 Å². The standard InChI is InChI=1S/C18H21BCl2O4.C12H9BrCl2O2/c1-17(2)18(3,4)25-19(24-17)10-8-11(20)15(12(21)9-10)16-13(22)6-7-14(16)23-5;1-17-10-3-2-9(16)12(10)11-7(14)4-6(13)5-8(11)15/h8-9H,6-7H2,1-5H3;4-5H,2-3H2,1H3. The van der Waals surface area contributed by atoms with Gasteiger partial charge >= 0.3 is 7.12 Å². The molecule has 0 atom stereocenters. The molecule has 6 nitrogen and oxygen atoms in total. The fraction of sp³-hybridized carbons (Fsp3) is 0.400. The summed E-state index contributed by atoms with van der Waals surface area (Å²) >= 11 is 28.6. The molecule has 0 bridgehead atoms. The van der Waals surface area contributed by atoms with Gasteiger partial charge in [0, 0.05) is 51.3 Å². The zero-order valence-corrected chi connectivity index (χ0v) is 28.7. The van der Waals surface area contributed by atoms with Crippen molar-refractivity contribution >= 4 is 97.6 Å². The Morgan fingerprint density at radius 3 is 1.40 bits per heavy atom. The van der Waals surface area contributed by atoms with Crippen molar-refractivity contribution in [1.29, 1.82) is 0 Å². The van der Waals surface area contributed by atoms with Gasteiger partial charge < -0.3 is 18.8 Å². The molecule has 12 heteroatoms. The van der Waals surface area contributed by atoms with Gasteiger partial charge in [0.2, 0.25) is 0 Å². The van der Waals surface area contributed by atoms with E-state index in [0.717, 1.165) is 9.94 Å². The second kappa shape index (κ2) is 12.8. The highest BCUT2D eigenvalue weighted by Crippen LogP contribution is 2.42. The minimum atomic E-state index is -0.566. The first kappa shape index (κ1) is 33.4. The summed E-state index contributed by atoms with van der Waals surface area (Å²) in [7, 11) is 2.53. The van der Waals surface area contributed by atoms with Gasteiger partial charge in [0.15, 0.2) is 11.6 Å². The maximum atomic E-state index is 12.3. The lowest BCUT2D eigenvalue weighted by atomic mass is 9.78. The Morgan fingerprint density at radius 2 is 1.05 bits per heavy atom. The van der Waals surface area contributed by atoms with E-state index in [4.69, 9.17) is 65.2 Å². The van der Waals surface area contributed by atoms with Crippen LogP contribution in [-0.4, -0.2) is 44.1 Å². The van der Waals surface area contributed by atoms with E-state index in [1.165, 1.54) is 0 Å². The quantitative estimate of drug-likeness (QED) is 0.289. The van der Waals surface area contributed by atoms with Crippen LogP contribution in [0.3, 0.4) is 0 Å². The normalized spacial score (nSPS) is 19.5. The molecule has 1 aliphatic heterocycles. The van der Waals surface area contributed by atoms with Gasteiger partial charge in [0.25, 0.3) is 0 Å². The van der Waals surface area contributed by atoms with Crippen LogP contribution in [0.1, 0.15) is 64.5 Å². The van der Waals surface area contributed by atoms with Crippen LogP contribution in [0.15, 0.2) is 40.3 Å². The number of rotatable bonds is 5. The topological polar surface area (TPSA) is 71.1 Å². The molecular formula is C30H30BBrCl4O6. The third kappa shape index (κ3) is 6.46. The Balaban J connectivity index is 0.000000208. The highest BCUT2D eigenvalue weighted by molar-refractivity contribution is 9.10. The number of benzene rings is 2. The second-order valence-corrected chi connectivity index (χ2v) is 13.6. The molecule has 0 amide bonds. The molecule has 1 saturated heterocycles. The van der Waals surface area contributed by atoms with Crippen molar-refractivity contribution in [3.05, 3.63) is 71.5 Å². The molecule has 224 valence electrons. The lowest BCUT2D eigenvalue weighted by Crippen LogP contribution is -2.41. The van der Waals surface area contributed by atoms with Gasteiger partial charge in [-0.15, -0.1) is 0 Å². The number of methoxy groups -OCH3 is 2. The fourth-order valence-corrected chi connectivity index (χ4v) is 7.05. The summed E-state index contributed by atoms with van der Waals surface area (Å²) in [6.45, 7) is 7.93. The van der Waals surface area contributed by atoms with E-state index in [1.54, 1.807) is 38.5 Å². The Bertz CT molecular complexity index is 1460. The van der Waals surface area contributed by atoms with Crippen LogP contribution < -0.4 is 5.46 Å². The molecule has 0 unspecified atom stereocenters. The number of ketones is 2. The number of carbonyl (C=O) groups excluding carboxylic acids is 2. The van der Waals surface area contributed by atoms with E-state index in [0.29, 0.717) is 79.6 Å². The lowest BCUT2D eigenvalue weighted by Gasteiger charge is -2.32. The summed E-state index contributed by atoms with van der Waals surface area (Å²) in [5, 5.41) is 1.67. The largest absolute Gasteiger partial charge is 0.500 e. The first-order chi connectivity index (χ1) is 19.6. The van der Waals surface area contributed by atoms with E-state index < -0.39 is 18.3 Å². The lowest BCUT2D eigenvalue weighted by molar-refractivity contribution is -0.114. The number of halogens is 5. The maximum absolute atomic E-state index is 12.3. The number of ether oxygens (including phenoxy) is 2. The molecule has 2 aromatic rings. The number of hydrogen-bond acceptors (Lipinski definition) is 6. The first-order valence-electron chi connectivity index (χ1n) is 13.2. The SMILES string of the molecule is COC1=C(c2c(Cl)cc(B3OC(C)(C)C(C)(C)O3)cc2Cl)C(=O)CC1.COC1=C(c2c(Cl)cc(Br)cc2Cl)C(=O)CC1. The zero-order valence-electron chi connectivity index (χ0n) is 24.1. The fourth-order valence-electron chi connectivity index (χ4n) is 4.96. The van der Waals surface area contributed by atoms with Crippen LogP contribution in [0.2, 0.25) is 20.1 Å². The number of hydrogen-bond donors (Lipinski definition) is 0. The van der Waals surface area contributed by atoms with Crippen LogP contribution in [0.25, 0.3) is 11.1 Å². The van der Waals surface area contributed by atoms with Crippen LogP contribution in [0, 0.1) is 0 Å². The number of Topliss-reactive ketones (excluding diaryl/α,β-unsaturated/α-hetero) is 2. The summed E-state index contributed by atoms with van der Waals surface area (Å²) < 4.78 is 23.4. The van der Waals surface area contributed by atoms with Crippen LogP contribution in [0.4, 0.5) is 0 Å². The summed E-state index contributed by atoms with van der Waals surface area (Å²) in [6, 6.07) is 6.93. The highest BCUT2D eigenvalue weighted by atomic mass is 79.9. The van der Waals surface area contributed by atoms with Crippen molar-refractivity contribution in [1.82, 2.24) is 0 Å². The van der Waals surface area contributed by atoms with Crippen LogP contribution in [-0.2, 0) is 28.4 Å².